The van der Waals surface area contributed by atoms with Crippen molar-refractivity contribution >= 4 is 34.7 Å². The van der Waals surface area contributed by atoms with Gasteiger partial charge in [-0.15, -0.1) is 11.8 Å². The summed E-state index contributed by atoms with van der Waals surface area (Å²) in [4.78, 5) is 6.47. The first-order valence-electron chi connectivity index (χ1n) is 7.51. The number of thiocarbonyl (C=S) groups is 1. The third-order valence-corrected chi connectivity index (χ3v) is 5.31. The van der Waals surface area contributed by atoms with Crippen LogP contribution in [0.2, 0.25) is 0 Å². The van der Waals surface area contributed by atoms with Crippen molar-refractivity contribution in [1.82, 2.24) is 4.90 Å². The zero-order valence-electron chi connectivity index (χ0n) is 13.1. The highest BCUT2D eigenvalue weighted by Gasteiger charge is 2.23. The molecule has 116 valence electrons. The number of benzene rings is 1. The van der Waals surface area contributed by atoms with Crippen LogP contribution in [0.25, 0.3) is 0 Å². The van der Waals surface area contributed by atoms with Crippen LogP contribution in [-0.2, 0) is 0 Å². The van der Waals surface area contributed by atoms with E-state index in [0.29, 0.717) is 11.0 Å². The van der Waals surface area contributed by atoms with Crippen LogP contribution >= 0.6 is 24.0 Å². The molecule has 1 aromatic rings. The molecule has 1 saturated heterocycles. The van der Waals surface area contributed by atoms with Gasteiger partial charge in [0.05, 0.1) is 0 Å². The van der Waals surface area contributed by atoms with E-state index in [1.54, 1.807) is 11.8 Å². The quantitative estimate of drug-likeness (QED) is 0.665. The average Bonchev–Trinajstić information content (AvgIpc) is 2.47. The van der Waals surface area contributed by atoms with Crippen LogP contribution < -0.4 is 10.6 Å². The average molecular weight is 324 g/mol. The largest absolute Gasteiger partial charge is 0.389 e. The van der Waals surface area contributed by atoms with Gasteiger partial charge in [-0.1, -0.05) is 25.2 Å². The van der Waals surface area contributed by atoms with E-state index in [0.717, 1.165) is 24.4 Å². The second-order valence-electron chi connectivity index (χ2n) is 5.59. The summed E-state index contributed by atoms with van der Waals surface area (Å²) in [6.45, 7) is 4.46. The van der Waals surface area contributed by atoms with Crippen molar-refractivity contribution in [2.75, 3.05) is 37.8 Å². The van der Waals surface area contributed by atoms with Crippen LogP contribution in [0.1, 0.15) is 25.3 Å². The Balaban J connectivity index is 2.29. The van der Waals surface area contributed by atoms with Gasteiger partial charge in [-0.3, -0.25) is 0 Å². The fraction of sp³-hybridized carbons (Fsp3) is 0.562. The molecule has 5 heteroatoms. The van der Waals surface area contributed by atoms with Crippen molar-refractivity contribution in [2.45, 2.75) is 30.7 Å². The van der Waals surface area contributed by atoms with E-state index in [1.807, 2.05) is 0 Å². The second-order valence-corrected chi connectivity index (χ2v) is 7.34. The molecule has 1 aliphatic rings. The predicted molar refractivity (Wildman–Crippen MR) is 97.6 cm³/mol. The van der Waals surface area contributed by atoms with Crippen molar-refractivity contribution in [1.29, 1.82) is 0 Å². The van der Waals surface area contributed by atoms with Gasteiger partial charge in [-0.25, -0.2) is 0 Å². The van der Waals surface area contributed by atoms with E-state index in [9.17, 15) is 0 Å². The molecule has 0 aromatic heterocycles. The Hall–Kier alpha value is -0.780. The zero-order chi connectivity index (χ0) is 15.4. The molecule has 1 heterocycles. The molecule has 1 aliphatic heterocycles. The topological polar surface area (TPSA) is 32.5 Å². The molecule has 2 rings (SSSR count). The van der Waals surface area contributed by atoms with Crippen LogP contribution in [0, 0.1) is 0 Å². The molecule has 21 heavy (non-hydrogen) atoms. The molecular weight excluding hydrogens is 298 g/mol. The first kappa shape index (κ1) is 16.6. The van der Waals surface area contributed by atoms with Gasteiger partial charge in [0.1, 0.15) is 4.99 Å². The molecule has 0 saturated carbocycles. The van der Waals surface area contributed by atoms with Gasteiger partial charge in [0.25, 0.3) is 0 Å². The highest BCUT2D eigenvalue weighted by atomic mass is 32.2. The number of hydrogen-bond acceptors (Lipinski definition) is 4. The van der Waals surface area contributed by atoms with Gasteiger partial charge in [0.15, 0.2) is 0 Å². The number of nitrogens with zero attached hydrogens (tertiary/aromatic N) is 2. The number of piperidine rings is 1. The molecule has 0 aliphatic carbocycles. The number of thioether (sulfide) groups is 1. The third-order valence-electron chi connectivity index (χ3n) is 4.17. The standard InChI is InChI=1S/C16H25N3S2/c1-4-21-14-7-5-6-13(15(14)16(17)20)19(3)12-8-10-18(2)11-9-12/h5-7,12H,4,8-11H2,1-3H3,(H2,17,20). The van der Waals surface area contributed by atoms with Gasteiger partial charge < -0.3 is 15.5 Å². The van der Waals surface area contributed by atoms with E-state index in [4.69, 9.17) is 18.0 Å². The van der Waals surface area contributed by atoms with Crippen LogP contribution in [0.5, 0.6) is 0 Å². The molecule has 2 N–H and O–H groups in total. The monoisotopic (exact) mass is 323 g/mol. The Labute approximate surface area is 137 Å². The third kappa shape index (κ3) is 3.90. The molecule has 0 amide bonds. The minimum atomic E-state index is 0.501. The highest BCUT2D eigenvalue weighted by Crippen LogP contribution is 2.32. The number of likely N-dealkylation sites (tertiary alicyclic amines) is 1. The summed E-state index contributed by atoms with van der Waals surface area (Å²) >= 11 is 7.13. The zero-order valence-corrected chi connectivity index (χ0v) is 14.8. The molecule has 0 unspecified atom stereocenters. The van der Waals surface area contributed by atoms with Crippen LogP contribution in [0.4, 0.5) is 5.69 Å². The summed E-state index contributed by atoms with van der Waals surface area (Å²) in [5, 5.41) is 0. The lowest BCUT2D eigenvalue weighted by atomic mass is 10.0. The van der Waals surface area contributed by atoms with Crippen LogP contribution in [0.3, 0.4) is 0 Å². The lowest BCUT2D eigenvalue weighted by molar-refractivity contribution is 0.253. The molecule has 1 aromatic carbocycles. The van der Waals surface area contributed by atoms with Gasteiger partial charge >= 0.3 is 0 Å². The molecule has 1 fully saturated rings. The second kappa shape index (κ2) is 7.47. The van der Waals surface area contributed by atoms with Crippen molar-refractivity contribution in [3.05, 3.63) is 23.8 Å². The minimum Gasteiger partial charge on any atom is -0.389 e. The summed E-state index contributed by atoms with van der Waals surface area (Å²) in [5.41, 5.74) is 8.24. The number of hydrogen-bond donors (Lipinski definition) is 1. The van der Waals surface area contributed by atoms with Crippen molar-refractivity contribution in [2.24, 2.45) is 5.73 Å². The SMILES string of the molecule is CCSc1cccc(N(C)C2CCN(C)CC2)c1C(N)=S. The maximum atomic E-state index is 6.02. The molecule has 0 spiro atoms. The molecule has 0 atom stereocenters. The lowest BCUT2D eigenvalue weighted by Gasteiger charge is -2.37. The Kier molecular flexibility index (Phi) is 5.90. The molecule has 0 bridgehead atoms. The maximum Gasteiger partial charge on any atom is 0.107 e. The lowest BCUT2D eigenvalue weighted by Crippen LogP contribution is -2.42. The van der Waals surface area contributed by atoms with Gasteiger partial charge in [-0.2, -0.15) is 0 Å². The number of anilines is 1. The van der Waals surface area contributed by atoms with Crippen LogP contribution in [0.15, 0.2) is 23.1 Å². The first-order valence-corrected chi connectivity index (χ1v) is 8.91. The van der Waals surface area contributed by atoms with E-state index in [-0.39, 0.29) is 0 Å². The predicted octanol–water partition coefficient (Wildman–Crippen LogP) is 2.96. The maximum absolute atomic E-state index is 6.02. The summed E-state index contributed by atoms with van der Waals surface area (Å²) in [6, 6.07) is 6.94. The molecular formula is C16H25N3S2. The Bertz CT molecular complexity index is 496. The Morgan fingerprint density at radius 3 is 2.67 bits per heavy atom. The van der Waals surface area contributed by atoms with Gasteiger partial charge in [-0.05, 0) is 50.9 Å². The minimum absolute atomic E-state index is 0.501. The smallest absolute Gasteiger partial charge is 0.107 e. The van der Waals surface area contributed by atoms with Crippen molar-refractivity contribution < 1.29 is 0 Å². The van der Waals surface area contributed by atoms with Gasteiger partial charge in [0.2, 0.25) is 0 Å². The summed E-state index contributed by atoms with van der Waals surface area (Å²) < 4.78 is 0. The van der Waals surface area contributed by atoms with Crippen molar-refractivity contribution in [3.8, 4) is 0 Å². The highest BCUT2D eigenvalue weighted by molar-refractivity contribution is 7.99. The fourth-order valence-corrected chi connectivity index (χ4v) is 4.04. The van der Waals surface area contributed by atoms with Crippen molar-refractivity contribution in [3.63, 3.8) is 0 Å². The Morgan fingerprint density at radius 1 is 1.43 bits per heavy atom. The number of rotatable bonds is 5. The molecule has 3 nitrogen and oxygen atoms in total. The van der Waals surface area contributed by atoms with E-state index in [2.05, 4.69) is 49.0 Å². The van der Waals surface area contributed by atoms with E-state index < -0.39 is 0 Å². The van der Waals surface area contributed by atoms with Gasteiger partial charge in [0, 0.05) is 29.2 Å². The number of nitrogens with two attached hydrogens (primary N) is 1. The van der Waals surface area contributed by atoms with Crippen LogP contribution in [-0.4, -0.2) is 48.9 Å². The summed E-state index contributed by atoms with van der Waals surface area (Å²) in [7, 11) is 4.36. The Morgan fingerprint density at radius 2 is 2.10 bits per heavy atom. The summed E-state index contributed by atoms with van der Waals surface area (Å²) in [6.07, 6.45) is 2.38. The van der Waals surface area contributed by atoms with E-state index >= 15 is 0 Å². The first-order chi connectivity index (χ1) is 10.0. The van der Waals surface area contributed by atoms with E-state index in [1.165, 1.54) is 23.4 Å². The fourth-order valence-electron chi connectivity index (χ4n) is 2.92. The normalized spacial score (nSPS) is 16.9. The molecule has 0 radical (unpaired) electrons. The summed E-state index contributed by atoms with van der Waals surface area (Å²) in [5.74, 6) is 1.02.